The highest BCUT2D eigenvalue weighted by Crippen LogP contribution is 2.29. The van der Waals surface area contributed by atoms with Crippen LogP contribution in [0.5, 0.6) is 0 Å². The van der Waals surface area contributed by atoms with E-state index in [2.05, 4.69) is 20.6 Å². The lowest BCUT2D eigenvalue weighted by atomic mass is 10.2. The van der Waals surface area contributed by atoms with Gasteiger partial charge in [-0.1, -0.05) is 0 Å². The van der Waals surface area contributed by atoms with Crippen LogP contribution in [-0.2, 0) is 6.18 Å². The van der Waals surface area contributed by atoms with Crippen molar-refractivity contribution in [2.45, 2.75) is 6.18 Å². The summed E-state index contributed by atoms with van der Waals surface area (Å²) in [6, 6.07) is 6.92. The molecule has 0 bridgehead atoms. The van der Waals surface area contributed by atoms with Gasteiger partial charge in [0, 0.05) is 18.1 Å². The number of urea groups is 1. The van der Waals surface area contributed by atoms with Crippen LogP contribution in [-0.4, -0.2) is 20.6 Å². The quantitative estimate of drug-likeness (QED) is 0.754. The van der Waals surface area contributed by atoms with E-state index in [0.717, 1.165) is 12.1 Å². The minimum absolute atomic E-state index is 0.244. The summed E-state index contributed by atoms with van der Waals surface area (Å²) >= 11 is 0. The van der Waals surface area contributed by atoms with E-state index in [1.54, 1.807) is 35.4 Å². The van der Waals surface area contributed by atoms with Crippen LogP contribution >= 0.6 is 0 Å². The van der Waals surface area contributed by atoms with Crippen molar-refractivity contribution in [2.75, 3.05) is 10.6 Å². The Labute approximate surface area is 140 Å². The molecule has 0 spiro atoms. The highest BCUT2D eigenvalue weighted by Gasteiger charge is 2.29. The van der Waals surface area contributed by atoms with Crippen LogP contribution in [0.3, 0.4) is 0 Å². The Morgan fingerprint density at radius 2 is 1.68 bits per heavy atom. The predicted molar refractivity (Wildman–Crippen MR) is 85.4 cm³/mol. The number of imidazole rings is 1. The number of rotatable bonds is 3. The van der Waals surface area contributed by atoms with Crippen LogP contribution in [0, 0.1) is 0 Å². The molecule has 9 heteroatoms. The maximum Gasteiger partial charge on any atom is 0.416 e. The fourth-order valence-corrected chi connectivity index (χ4v) is 2.04. The second kappa shape index (κ2) is 6.63. The number of amides is 2. The Balaban J connectivity index is 1.61. The maximum atomic E-state index is 12.5. The summed E-state index contributed by atoms with van der Waals surface area (Å²) < 4.78 is 39.2. The van der Waals surface area contributed by atoms with Gasteiger partial charge in [0.05, 0.1) is 17.4 Å². The third kappa shape index (κ3) is 4.14. The van der Waals surface area contributed by atoms with Crippen molar-refractivity contribution in [1.82, 2.24) is 14.5 Å². The van der Waals surface area contributed by atoms with Crippen LogP contribution in [0.1, 0.15) is 5.56 Å². The first-order valence-electron chi connectivity index (χ1n) is 7.11. The van der Waals surface area contributed by atoms with Crippen molar-refractivity contribution in [3.8, 4) is 5.82 Å². The lowest BCUT2D eigenvalue weighted by Crippen LogP contribution is -2.19. The minimum atomic E-state index is -4.41. The molecule has 3 aromatic rings. The molecule has 0 atom stereocenters. The SMILES string of the molecule is O=C(Nc1ccc(C(F)(F)F)cc1)Nc1ccc(-n2ccnc2)nc1. The first kappa shape index (κ1) is 16.5. The molecule has 0 aliphatic rings. The summed E-state index contributed by atoms with van der Waals surface area (Å²) in [5.41, 5.74) is -0.0977. The Kier molecular flexibility index (Phi) is 4.38. The summed E-state index contributed by atoms with van der Waals surface area (Å²) in [6.45, 7) is 0. The number of anilines is 2. The second-order valence-corrected chi connectivity index (χ2v) is 5.03. The lowest BCUT2D eigenvalue weighted by molar-refractivity contribution is -0.137. The van der Waals surface area contributed by atoms with Gasteiger partial charge in [-0.3, -0.25) is 4.57 Å². The molecule has 1 aromatic carbocycles. The van der Waals surface area contributed by atoms with Gasteiger partial charge in [-0.05, 0) is 36.4 Å². The first-order valence-corrected chi connectivity index (χ1v) is 7.11. The molecule has 0 fully saturated rings. The van der Waals surface area contributed by atoms with Crippen molar-refractivity contribution in [2.24, 2.45) is 0 Å². The number of carbonyl (C=O) groups excluding carboxylic acids is 1. The molecule has 0 aliphatic carbocycles. The van der Waals surface area contributed by atoms with Crippen molar-refractivity contribution in [3.63, 3.8) is 0 Å². The number of aromatic nitrogens is 3. The molecule has 2 N–H and O–H groups in total. The second-order valence-electron chi connectivity index (χ2n) is 5.03. The Bertz CT molecular complexity index is 843. The molecule has 0 saturated heterocycles. The van der Waals surface area contributed by atoms with Gasteiger partial charge in [-0.25, -0.2) is 14.8 Å². The van der Waals surface area contributed by atoms with Crippen LogP contribution < -0.4 is 10.6 Å². The van der Waals surface area contributed by atoms with Gasteiger partial charge in [0.15, 0.2) is 0 Å². The Hall–Kier alpha value is -3.36. The summed E-state index contributed by atoms with van der Waals surface area (Å²) in [5, 5.41) is 5.00. The van der Waals surface area contributed by atoms with Gasteiger partial charge in [-0.2, -0.15) is 13.2 Å². The van der Waals surface area contributed by atoms with E-state index in [4.69, 9.17) is 0 Å². The van der Waals surface area contributed by atoms with Crippen molar-refractivity contribution in [3.05, 3.63) is 66.9 Å². The standard InChI is InChI=1S/C16H12F3N5O/c17-16(18,19)11-1-3-12(4-2-11)22-15(25)23-13-5-6-14(21-9-13)24-8-7-20-10-24/h1-10H,(H2,22,23,25). The smallest absolute Gasteiger partial charge is 0.308 e. The molecular formula is C16H12F3N5O. The number of hydrogen-bond donors (Lipinski definition) is 2. The van der Waals surface area contributed by atoms with E-state index >= 15 is 0 Å². The highest BCUT2D eigenvalue weighted by atomic mass is 19.4. The van der Waals surface area contributed by atoms with Crippen molar-refractivity contribution >= 4 is 17.4 Å². The number of nitrogens with zero attached hydrogens (tertiary/aromatic N) is 3. The molecule has 128 valence electrons. The average Bonchev–Trinajstić information content (AvgIpc) is 3.09. The average molecular weight is 347 g/mol. The number of hydrogen-bond acceptors (Lipinski definition) is 3. The van der Waals surface area contributed by atoms with E-state index in [1.807, 2.05) is 0 Å². The summed E-state index contributed by atoms with van der Waals surface area (Å²) in [6.07, 6.45) is 1.98. The van der Waals surface area contributed by atoms with Gasteiger partial charge in [0.1, 0.15) is 12.1 Å². The summed E-state index contributed by atoms with van der Waals surface area (Å²) in [4.78, 5) is 20.0. The third-order valence-corrected chi connectivity index (χ3v) is 3.24. The lowest BCUT2D eigenvalue weighted by Gasteiger charge is -2.10. The maximum absolute atomic E-state index is 12.5. The van der Waals surface area contributed by atoms with Gasteiger partial charge < -0.3 is 10.6 Å². The molecule has 2 aromatic heterocycles. The van der Waals surface area contributed by atoms with Gasteiger partial charge in [-0.15, -0.1) is 0 Å². The zero-order valence-corrected chi connectivity index (χ0v) is 12.7. The number of nitrogens with one attached hydrogen (secondary N) is 2. The summed E-state index contributed by atoms with van der Waals surface area (Å²) in [5.74, 6) is 0.631. The Morgan fingerprint density at radius 3 is 2.24 bits per heavy atom. The molecule has 2 amide bonds. The fraction of sp³-hybridized carbons (Fsp3) is 0.0625. The van der Waals surface area contributed by atoms with Gasteiger partial charge >= 0.3 is 12.2 Å². The van der Waals surface area contributed by atoms with Gasteiger partial charge in [0.25, 0.3) is 0 Å². The molecule has 3 rings (SSSR count). The highest BCUT2D eigenvalue weighted by molar-refractivity contribution is 5.99. The molecule has 0 saturated carbocycles. The summed E-state index contributed by atoms with van der Waals surface area (Å²) in [7, 11) is 0. The van der Waals surface area contributed by atoms with Crippen molar-refractivity contribution in [1.29, 1.82) is 0 Å². The van der Waals surface area contributed by atoms with E-state index in [9.17, 15) is 18.0 Å². The fourth-order valence-electron chi connectivity index (χ4n) is 2.04. The zero-order chi connectivity index (χ0) is 17.9. The largest absolute Gasteiger partial charge is 0.416 e. The zero-order valence-electron chi connectivity index (χ0n) is 12.7. The van der Waals surface area contributed by atoms with E-state index in [-0.39, 0.29) is 5.69 Å². The normalized spacial score (nSPS) is 11.2. The van der Waals surface area contributed by atoms with Crippen LogP contribution in [0.2, 0.25) is 0 Å². The molecule has 6 nitrogen and oxygen atoms in total. The molecule has 0 radical (unpaired) electrons. The third-order valence-electron chi connectivity index (χ3n) is 3.24. The molecular weight excluding hydrogens is 335 g/mol. The monoisotopic (exact) mass is 347 g/mol. The topological polar surface area (TPSA) is 71.8 Å². The number of benzene rings is 1. The minimum Gasteiger partial charge on any atom is -0.308 e. The first-order chi connectivity index (χ1) is 11.9. The molecule has 25 heavy (non-hydrogen) atoms. The van der Waals surface area contributed by atoms with Crippen LogP contribution in [0.4, 0.5) is 29.3 Å². The number of halogens is 3. The number of carbonyl (C=O) groups is 1. The Morgan fingerprint density at radius 1 is 1.00 bits per heavy atom. The number of pyridine rings is 1. The van der Waals surface area contributed by atoms with Gasteiger partial charge in [0.2, 0.25) is 0 Å². The van der Waals surface area contributed by atoms with Crippen LogP contribution in [0.15, 0.2) is 61.3 Å². The van der Waals surface area contributed by atoms with E-state index in [1.165, 1.54) is 18.3 Å². The van der Waals surface area contributed by atoms with Crippen molar-refractivity contribution < 1.29 is 18.0 Å². The molecule has 0 unspecified atom stereocenters. The number of alkyl halides is 3. The molecule has 0 aliphatic heterocycles. The predicted octanol–water partition coefficient (Wildman–Crippen LogP) is 3.93. The molecule has 2 heterocycles. The van der Waals surface area contributed by atoms with E-state index < -0.39 is 17.8 Å². The van der Waals surface area contributed by atoms with Crippen LogP contribution in [0.25, 0.3) is 5.82 Å². The van der Waals surface area contributed by atoms with E-state index in [0.29, 0.717) is 11.5 Å².